The molecule has 0 radical (unpaired) electrons. The zero-order valence-corrected chi connectivity index (χ0v) is 12.1. The van der Waals surface area contributed by atoms with Gasteiger partial charge < -0.3 is 19.7 Å². The third kappa shape index (κ3) is 9.32. The molecule has 5 heteroatoms. The molecule has 0 heterocycles. The van der Waals surface area contributed by atoms with Crippen LogP contribution in [-0.2, 0) is 9.47 Å². The van der Waals surface area contributed by atoms with Gasteiger partial charge in [-0.1, -0.05) is 6.92 Å². The topological polar surface area (TPSA) is 33.7 Å². The first-order valence-corrected chi connectivity index (χ1v) is 6.85. The Balaban J connectivity index is 3.94. The van der Waals surface area contributed by atoms with Crippen LogP contribution in [0, 0.1) is 0 Å². The van der Waals surface area contributed by atoms with E-state index in [0.29, 0.717) is 13.2 Å². The lowest BCUT2D eigenvalue weighted by molar-refractivity contribution is 0.107. The van der Waals surface area contributed by atoms with Crippen LogP contribution in [-0.4, -0.2) is 56.1 Å². The molecule has 0 aliphatic heterocycles. The van der Waals surface area contributed by atoms with E-state index in [4.69, 9.17) is 21.7 Å². The van der Waals surface area contributed by atoms with Crippen LogP contribution in [0.4, 0.5) is 0 Å². The normalized spacial score (nSPS) is 10.3. The van der Waals surface area contributed by atoms with Gasteiger partial charge in [0.15, 0.2) is 5.11 Å². The minimum atomic E-state index is 0.705. The average molecular weight is 262 g/mol. The second-order valence-corrected chi connectivity index (χ2v) is 4.00. The molecule has 0 unspecified atom stereocenters. The van der Waals surface area contributed by atoms with Crippen LogP contribution >= 0.6 is 12.2 Å². The molecule has 0 aliphatic rings. The second kappa shape index (κ2) is 12.1. The standard InChI is InChI=1S/C12H26N2O2S/c1-4-7-13-12(17)14(8-10-15-5-2)9-11-16-6-3/h4-11H2,1-3H3,(H,13,17). The minimum Gasteiger partial charge on any atom is -0.380 e. The Kier molecular flexibility index (Phi) is 11.8. The Hall–Kier alpha value is -0.390. The van der Waals surface area contributed by atoms with Crippen LogP contribution in [0.25, 0.3) is 0 Å². The molecule has 4 nitrogen and oxygen atoms in total. The predicted molar refractivity (Wildman–Crippen MR) is 75.5 cm³/mol. The van der Waals surface area contributed by atoms with Crippen molar-refractivity contribution in [2.24, 2.45) is 0 Å². The maximum Gasteiger partial charge on any atom is 0.169 e. The number of rotatable bonds is 10. The van der Waals surface area contributed by atoms with Gasteiger partial charge in [0, 0.05) is 32.8 Å². The molecule has 0 aromatic rings. The molecule has 0 amide bonds. The Morgan fingerprint density at radius 2 is 1.59 bits per heavy atom. The molecule has 0 saturated carbocycles. The summed E-state index contributed by atoms with van der Waals surface area (Å²) in [5, 5.41) is 4.03. The lowest BCUT2D eigenvalue weighted by Crippen LogP contribution is -2.43. The highest BCUT2D eigenvalue weighted by Crippen LogP contribution is 1.93. The first-order valence-electron chi connectivity index (χ1n) is 6.44. The molecule has 0 fully saturated rings. The lowest BCUT2D eigenvalue weighted by atomic mass is 10.4. The Morgan fingerprint density at radius 3 is 2.00 bits per heavy atom. The Morgan fingerprint density at radius 1 is 1.06 bits per heavy atom. The molecule has 1 N–H and O–H groups in total. The van der Waals surface area contributed by atoms with E-state index in [9.17, 15) is 0 Å². The van der Waals surface area contributed by atoms with Crippen molar-refractivity contribution < 1.29 is 9.47 Å². The van der Waals surface area contributed by atoms with E-state index in [1.807, 2.05) is 13.8 Å². The average Bonchev–Trinajstić information content (AvgIpc) is 2.34. The largest absolute Gasteiger partial charge is 0.380 e. The van der Waals surface area contributed by atoms with Crippen molar-refractivity contribution >= 4 is 17.3 Å². The van der Waals surface area contributed by atoms with Crippen molar-refractivity contribution in [3.05, 3.63) is 0 Å². The zero-order chi connectivity index (χ0) is 12.9. The van der Waals surface area contributed by atoms with Crippen LogP contribution in [0.2, 0.25) is 0 Å². The summed E-state index contributed by atoms with van der Waals surface area (Å²) in [6.07, 6.45) is 1.07. The Labute approximate surface area is 111 Å². The van der Waals surface area contributed by atoms with Gasteiger partial charge in [-0.05, 0) is 32.5 Å². The fourth-order valence-electron chi connectivity index (χ4n) is 1.30. The first kappa shape index (κ1) is 16.6. The summed E-state index contributed by atoms with van der Waals surface area (Å²) in [7, 11) is 0. The monoisotopic (exact) mass is 262 g/mol. The number of nitrogens with one attached hydrogen (secondary N) is 1. The smallest absolute Gasteiger partial charge is 0.169 e. The highest BCUT2D eigenvalue weighted by atomic mass is 32.1. The third-order valence-corrected chi connectivity index (χ3v) is 2.64. The number of hydrogen-bond donors (Lipinski definition) is 1. The van der Waals surface area contributed by atoms with E-state index in [2.05, 4.69) is 17.1 Å². The molecule has 0 atom stereocenters. The molecule has 0 rings (SSSR count). The van der Waals surface area contributed by atoms with E-state index in [-0.39, 0.29) is 0 Å². The van der Waals surface area contributed by atoms with Gasteiger partial charge in [0.25, 0.3) is 0 Å². The summed E-state index contributed by atoms with van der Waals surface area (Å²) in [6.45, 7) is 11.6. The molecule has 17 heavy (non-hydrogen) atoms. The highest BCUT2D eigenvalue weighted by Gasteiger charge is 2.08. The third-order valence-electron chi connectivity index (χ3n) is 2.23. The molecule has 0 aliphatic carbocycles. The summed E-state index contributed by atoms with van der Waals surface area (Å²) < 4.78 is 10.7. The van der Waals surface area contributed by atoms with E-state index in [1.54, 1.807) is 0 Å². The number of nitrogens with zero attached hydrogens (tertiary/aromatic N) is 1. The lowest BCUT2D eigenvalue weighted by Gasteiger charge is -2.25. The van der Waals surface area contributed by atoms with Gasteiger partial charge in [0.05, 0.1) is 13.2 Å². The zero-order valence-electron chi connectivity index (χ0n) is 11.3. The summed E-state index contributed by atoms with van der Waals surface area (Å²) in [4.78, 5) is 2.11. The first-order chi connectivity index (χ1) is 8.26. The van der Waals surface area contributed by atoms with Crippen LogP contribution in [0.5, 0.6) is 0 Å². The predicted octanol–water partition coefficient (Wildman–Crippen LogP) is 1.65. The molecule has 0 spiro atoms. The summed E-state index contributed by atoms with van der Waals surface area (Å²) in [5.41, 5.74) is 0. The van der Waals surface area contributed by atoms with Crippen LogP contribution in [0.3, 0.4) is 0 Å². The van der Waals surface area contributed by atoms with Gasteiger partial charge in [-0.3, -0.25) is 0 Å². The highest BCUT2D eigenvalue weighted by molar-refractivity contribution is 7.80. The van der Waals surface area contributed by atoms with Crippen LogP contribution in [0.15, 0.2) is 0 Å². The van der Waals surface area contributed by atoms with E-state index >= 15 is 0 Å². The van der Waals surface area contributed by atoms with Crippen LogP contribution < -0.4 is 5.32 Å². The van der Waals surface area contributed by atoms with Crippen molar-refractivity contribution in [3.8, 4) is 0 Å². The van der Waals surface area contributed by atoms with Gasteiger partial charge in [-0.2, -0.15) is 0 Å². The number of hydrogen-bond acceptors (Lipinski definition) is 3. The van der Waals surface area contributed by atoms with Gasteiger partial charge in [0.2, 0.25) is 0 Å². The number of thiocarbonyl (C=S) groups is 1. The van der Waals surface area contributed by atoms with Crippen molar-refractivity contribution in [3.63, 3.8) is 0 Å². The fraction of sp³-hybridized carbons (Fsp3) is 0.917. The summed E-state index contributed by atoms with van der Waals surface area (Å²) >= 11 is 5.34. The molecular weight excluding hydrogens is 236 g/mol. The fourth-order valence-corrected chi connectivity index (χ4v) is 1.58. The van der Waals surface area contributed by atoms with Gasteiger partial charge >= 0.3 is 0 Å². The van der Waals surface area contributed by atoms with Crippen molar-refractivity contribution in [2.45, 2.75) is 27.2 Å². The van der Waals surface area contributed by atoms with Crippen molar-refractivity contribution in [1.29, 1.82) is 0 Å². The summed E-state index contributed by atoms with van der Waals surface area (Å²) in [5.74, 6) is 0. The van der Waals surface area contributed by atoms with Gasteiger partial charge in [-0.15, -0.1) is 0 Å². The molecule has 0 aromatic carbocycles. The maximum absolute atomic E-state index is 5.36. The summed E-state index contributed by atoms with van der Waals surface area (Å²) in [6, 6.07) is 0. The molecule has 0 bridgehead atoms. The van der Waals surface area contributed by atoms with Crippen molar-refractivity contribution in [2.75, 3.05) is 46.1 Å². The van der Waals surface area contributed by atoms with E-state index in [1.165, 1.54) is 0 Å². The molecule has 102 valence electrons. The van der Waals surface area contributed by atoms with Crippen LogP contribution in [0.1, 0.15) is 27.2 Å². The Bertz CT molecular complexity index is 181. The van der Waals surface area contributed by atoms with E-state index < -0.39 is 0 Å². The number of ether oxygens (including phenoxy) is 2. The van der Waals surface area contributed by atoms with E-state index in [0.717, 1.165) is 44.4 Å². The molecular formula is C12H26N2O2S. The maximum atomic E-state index is 5.36. The molecule has 0 saturated heterocycles. The van der Waals surface area contributed by atoms with Gasteiger partial charge in [0.1, 0.15) is 0 Å². The molecule has 0 aromatic heterocycles. The minimum absolute atomic E-state index is 0.705. The van der Waals surface area contributed by atoms with Gasteiger partial charge in [-0.25, -0.2) is 0 Å². The quantitative estimate of drug-likeness (QED) is 0.478. The second-order valence-electron chi connectivity index (χ2n) is 3.61. The van der Waals surface area contributed by atoms with Crippen molar-refractivity contribution in [1.82, 2.24) is 10.2 Å². The SMILES string of the molecule is CCCNC(=S)N(CCOCC)CCOCC.